The minimum Gasteiger partial charge on any atom is -0.504 e. The Hall–Kier alpha value is -3.57. The van der Waals surface area contributed by atoms with Gasteiger partial charge in [-0.25, -0.2) is 4.79 Å². The standard InChI is InChI=1S/C30H42O15/c1-14(2)5-7-16-9-18(27(28(40)41)44-21(35)11-30(4,42)10-20(33)34)17(8-6-15(3)12-31)22(36)26(16)45-29-25(39)24(38)23(37)19(13-32)43-29/h5-6,9,19,23-25,27,29,31-32,36-39,42H,7-8,10-13H2,1-4H3,(H,33,34)(H,40,41)/t19-,23-,24+,25-,27-,29+,30+/m1/s1. The van der Waals surface area contributed by atoms with E-state index in [4.69, 9.17) is 19.3 Å². The van der Waals surface area contributed by atoms with Crippen LogP contribution in [0, 0.1) is 0 Å². The van der Waals surface area contributed by atoms with E-state index in [0.717, 1.165) is 12.5 Å². The van der Waals surface area contributed by atoms with Crippen molar-refractivity contribution < 1.29 is 74.6 Å². The van der Waals surface area contributed by atoms with Crippen molar-refractivity contribution in [3.63, 3.8) is 0 Å². The molecule has 252 valence electrons. The van der Waals surface area contributed by atoms with Crippen LogP contribution in [0.4, 0.5) is 0 Å². The lowest BCUT2D eigenvalue weighted by atomic mass is 9.92. The second kappa shape index (κ2) is 16.1. The molecule has 1 fully saturated rings. The van der Waals surface area contributed by atoms with Gasteiger partial charge in [-0.2, -0.15) is 0 Å². The highest BCUT2D eigenvalue weighted by Gasteiger charge is 2.45. The van der Waals surface area contributed by atoms with Crippen molar-refractivity contribution in [2.45, 2.75) is 95.8 Å². The predicted octanol–water partition coefficient (Wildman–Crippen LogP) is -0.155. The molecule has 1 aliphatic heterocycles. The van der Waals surface area contributed by atoms with Crippen LogP contribution in [0.1, 0.15) is 63.3 Å². The molecule has 0 amide bonds. The lowest BCUT2D eigenvalue weighted by Crippen LogP contribution is -2.60. The maximum absolute atomic E-state index is 12.7. The number of carboxylic acids is 2. The number of phenols is 1. The number of phenolic OH excluding ortho intramolecular Hbond substituents is 1. The topological polar surface area (TPSA) is 261 Å². The van der Waals surface area contributed by atoms with E-state index >= 15 is 0 Å². The molecule has 45 heavy (non-hydrogen) atoms. The Morgan fingerprint density at radius 2 is 1.64 bits per heavy atom. The number of hydrogen-bond donors (Lipinski definition) is 9. The number of carbonyl (C=O) groups is 3. The van der Waals surface area contributed by atoms with Crippen molar-refractivity contribution >= 4 is 17.9 Å². The Morgan fingerprint density at radius 1 is 1.00 bits per heavy atom. The molecule has 0 radical (unpaired) electrons. The largest absolute Gasteiger partial charge is 0.504 e. The van der Waals surface area contributed by atoms with Crippen LogP contribution in [0.2, 0.25) is 0 Å². The van der Waals surface area contributed by atoms with Crippen molar-refractivity contribution in [1.29, 1.82) is 0 Å². The number of carbonyl (C=O) groups excluding carboxylic acids is 1. The van der Waals surface area contributed by atoms with Crippen LogP contribution in [0.25, 0.3) is 0 Å². The molecule has 0 bridgehead atoms. The van der Waals surface area contributed by atoms with Gasteiger partial charge in [0.2, 0.25) is 12.4 Å². The van der Waals surface area contributed by atoms with E-state index in [2.05, 4.69) is 0 Å². The number of aliphatic hydroxyl groups is 6. The minimum atomic E-state index is -2.06. The highest BCUT2D eigenvalue weighted by molar-refractivity contribution is 5.81. The third kappa shape index (κ3) is 10.2. The highest BCUT2D eigenvalue weighted by Crippen LogP contribution is 2.42. The van der Waals surface area contributed by atoms with Crippen molar-refractivity contribution in [3.05, 3.63) is 46.1 Å². The van der Waals surface area contributed by atoms with Crippen LogP contribution in [-0.4, -0.2) is 113 Å². The molecule has 1 aliphatic rings. The summed E-state index contributed by atoms with van der Waals surface area (Å²) in [6.07, 6.45) is -9.18. The Morgan fingerprint density at radius 3 is 2.18 bits per heavy atom. The van der Waals surface area contributed by atoms with E-state index in [1.165, 1.54) is 12.1 Å². The summed E-state index contributed by atoms with van der Waals surface area (Å²) in [5, 5.41) is 90.9. The number of carboxylic acid groups (broad SMARTS) is 2. The summed E-state index contributed by atoms with van der Waals surface area (Å²) >= 11 is 0. The zero-order valence-corrected chi connectivity index (χ0v) is 25.4. The number of aliphatic carboxylic acids is 2. The van der Waals surface area contributed by atoms with Gasteiger partial charge in [-0.05, 0) is 46.6 Å². The second-order valence-corrected chi connectivity index (χ2v) is 11.4. The predicted molar refractivity (Wildman–Crippen MR) is 154 cm³/mol. The van der Waals surface area contributed by atoms with Crippen molar-refractivity contribution in [2.24, 2.45) is 0 Å². The molecule has 0 aromatic heterocycles. The highest BCUT2D eigenvalue weighted by atomic mass is 16.7. The van der Waals surface area contributed by atoms with E-state index in [1.54, 1.807) is 26.8 Å². The molecule has 15 nitrogen and oxygen atoms in total. The number of allylic oxidation sites excluding steroid dienone is 3. The molecule has 0 unspecified atom stereocenters. The average Bonchev–Trinajstić information content (AvgIpc) is 2.94. The van der Waals surface area contributed by atoms with E-state index in [-0.39, 0.29) is 41.9 Å². The summed E-state index contributed by atoms with van der Waals surface area (Å²) in [5.41, 5.74) is -1.06. The zero-order chi connectivity index (χ0) is 34.2. The summed E-state index contributed by atoms with van der Waals surface area (Å²) in [5.74, 6) is -5.29. The van der Waals surface area contributed by atoms with Gasteiger partial charge in [-0.15, -0.1) is 0 Å². The minimum absolute atomic E-state index is 0.00897. The fourth-order valence-corrected chi connectivity index (χ4v) is 4.55. The first-order valence-electron chi connectivity index (χ1n) is 14.0. The third-order valence-corrected chi connectivity index (χ3v) is 7.00. The van der Waals surface area contributed by atoms with Crippen LogP contribution in [-0.2, 0) is 36.7 Å². The molecule has 0 spiro atoms. The van der Waals surface area contributed by atoms with Crippen LogP contribution < -0.4 is 4.74 Å². The molecule has 1 aromatic rings. The number of hydrogen-bond acceptors (Lipinski definition) is 13. The van der Waals surface area contributed by atoms with Gasteiger partial charge in [0.15, 0.2) is 11.5 Å². The lowest BCUT2D eigenvalue weighted by Gasteiger charge is -2.40. The maximum Gasteiger partial charge on any atom is 0.349 e. The molecule has 0 aliphatic carbocycles. The van der Waals surface area contributed by atoms with Crippen LogP contribution in [0.15, 0.2) is 29.4 Å². The maximum atomic E-state index is 12.7. The van der Waals surface area contributed by atoms with Crippen molar-refractivity contribution in [3.8, 4) is 11.5 Å². The zero-order valence-electron chi connectivity index (χ0n) is 25.4. The lowest BCUT2D eigenvalue weighted by molar-refractivity contribution is -0.277. The SMILES string of the molecule is CC(C)=CCc1cc([C@@H](OC(=O)C[C@@](C)(O)CC(=O)O)C(=O)O)c(CC=C(C)CO)c(O)c1O[C@@H]1O[C@H](CO)[C@@H](O)[C@H](O)[C@H]1O. The molecule has 1 saturated heterocycles. The number of benzene rings is 1. The van der Waals surface area contributed by atoms with Gasteiger partial charge in [-0.3, -0.25) is 9.59 Å². The van der Waals surface area contributed by atoms with Gasteiger partial charge >= 0.3 is 17.9 Å². The van der Waals surface area contributed by atoms with E-state index in [0.29, 0.717) is 5.57 Å². The molecule has 1 heterocycles. The van der Waals surface area contributed by atoms with Crippen LogP contribution in [0.3, 0.4) is 0 Å². The fourth-order valence-electron chi connectivity index (χ4n) is 4.55. The first kappa shape index (κ1) is 37.6. The smallest absolute Gasteiger partial charge is 0.349 e. The normalized spacial score (nSPS) is 23.9. The quantitative estimate of drug-likeness (QED) is 0.0889. The van der Waals surface area contributed by atoms with E-state index < -0.39 is 85.5 Å². The van der Waals surface area contributed by atoms with E-state index in [9.17, 15) is 55.2 Å². The van der Waals surface area contributed by atoms with Gasteiger partial charge < -0.3 is 60.2 Å². The molecular formula is C30H42O15. The Bertz CT molecular complexity index is 1280. The van der Waals surface area contributed by atoms with Crippen molar-refractivity contribution in [1.82, 2.24) is 0 Å². The summed E-state index contributed by atoms with van der Waals surface area (Å²) < 4.78 is 16.5. The molecule has 9 N–H and O–H groups in total. The molecular weight excluding hydrogens is 600 g/mol. The number of esters is 1. The second-order valence-electron chi connectivity index (χ2n) is 11.4. The monoisotopic (exact) mass is 642 g/mol. The molecule has 0 saturated carbocycles. The van der Waals surface area contributed by atoms with Crippen LogP contribution in [0.5, 0.6) is 11.5 Å². The molecule has 1 aromatic carbocycles. The number of aromatic hydroxyl groups is 1. The van der Waals surface area contributed by atoms with Crippen molar-refractivity contribution in [2.75, 3.05) is 13.2 Å². The van der Waals surface area contributed by atoms with Gasteiger partial charge in [0.25, 0.3) is 0 Å². The summed E-state index contributed by atoms with van der Waals surface area (Å²) in [7, 11) is 0. The summed E-state index contributed by atoms with van der Waals surface area (Å²) in [6.45, 7) is 5.03. The van der Waals surface area contributed by atoms with Crippen LogP contribution >= 0.6 is 0 Å². The number of ether oxygens (including phenoxy) is 3. The fraction of sp³-hybridized carbons (Fsp3) is 0.567. The average molecular weight is 643 g/mol. The Labute approximate surface area is 259 Å². The van der Waals surface area contributed by atoms with Gasteiger partial charge in [0.1, 0.15) is 24.4 Å². The number of aliphatic hydroxyl groups excluding tert-OH is 5. The van der Waals surface area contributed by atoms with Gasteiger partial charge in [-0.1, -0.05) is 23.3 Å². The van der Waals surface area contributed by atoms with Gasteiger partial charge in [0, 0.05) is 16.7 Å². The number of rotatable bonds is 15. The first-order chi connectivity index (χ1) is 20.9. The third-order valence-electron chi connectivity index (χ3n) is 7.00. The molecule has 2 rings (SSSR count). The van der Waals surface area contributed by atoms with E-state index in [1.807, 2.05) is 0 Å². The first-order valence-corrected chi connectivity index (χ1v) is 14.0. The van der Waals surface area contributed by atoms with Gasteiger partial charge in [0.05, 0.1) is 31.7 Å². The Kier molecular flexibility index (Phi) is 13.5. The summed E-state index contributed by atoms with van der Waals surface area (Å²) in [6, 6.07) is 1.28. The molecule has 15 heteroatoms. The summed E-state index contributed by atoms with van der Waals surface area (Å²) in [4.78, 5) is 36.2. The molecule has 7 atom stereocenters. The Balaban J connectivity index is 2.73.